The molecule has 0 aliphatic carbocycles. The molecule has 2 aromatic carbocycles. The van der Waals surface area contributed by atoms with Crippen LogP contribution in [-0.2, 0) is 6.54 Å². The number of fused-ring (bicyclic) bond motifs is 2. The highest BCUT2D eigenvalue weighted by molar-refractivity contribution is 6.33. The first-order valence-electron chi connectivity index (χ1n) is 10.00. The lowest BCUT2D eigenvalue weighted by atomic mass is 9.95. The monoisotopic (exact) mass is 429 g/mol. The van der Waals surface area contributed by atoms with Gasteiger partial charge < -0.3 is 15.2 Å². The molecule has 2 aromatic rings. The fraction of sp³-hybridized carbons (Fsp3) is 0.391. The number of piperazine rings is 1. The van der Waals surface area contributed by atoms with E-state index in [0.717, 1.165) is 25.2 Å². The quantitative estimate of drug-likeness (QED) is 0.719. The number of hydrogen-bond donors (Lipinski definition) is 2. The van der Waals surface area contributed by atoms with Gasteiger partial charge in [0, 0.05) is 48.4 Å². The molecule has 0 spiro atoms. The number of halogens is 2. The SMILES string of the molecule is CN(C)CC#Cc1cc2c(c(F)c1-c1c(O)cccc1Cl)OC[C@H]1CNCCN1C2. The largest absolute Gasteiger partial charge is 0.507 e. The van der Waals surface area contributed by atoms with E-state index in [1.807, 2.05) is 25.1 Å². The first-order chi connectivity index (χ1) is 14.5. The second kappa shape index (κ2) is 8.83. The number of benzene rings is 2. The van der Waals surface area contributed by atoms with Crippen LogP contribution in [0.15, 0.2) is 24.3 Å². The zero-order chi connectivity index (χ0) is 21.3. The maximum absolute atomic E-state index is 15.9. The Morgan fingerprint density at radius 3 is 2.97 bits per heavy atom. The Hall–Kier alpha value is -2.30. The molecule has 2 N–H and O–H groups in total. The summed E-state index contributed by atoms with van der Waals surface area (Å²) in [6.07, 6.45) is 0. The molecule has 0 radical (unpaired) electrons. The molecule has 1 atom stereocenters. The summed E-state index contributed by atoms with van der Waals surface area (Å²) in [5, 5.41) is 14.1. The average Bonchev–Trinajstić information content (AvgIpc) is 2.89. The summed E-state index contributed by atoms with van der Waals surface area (Å²) in [6, 6.07) is 6.82. The van der Waals surface area contributed by atoms with E-state index in [9.17, 15) is 5.11 Å². The van der Waals surface area contributed by atoms with Crippen molar-refractivity contribution in [2.45, 2.75) is 12.6 Å². The van der Waals surface area contributed by atoms with Gasteiger partial charge in [-0.25, -0.2) is 4.39 Å². The molecule has 0 aromatic heterocycles. The van der Waals surface area contributed by atoms with Crippen molar-refractivity contribution >= 4 is 11.6 Å². The van der Waals surface area contributed by atoms with Crippen LogP contribution < -0.4 is 10.1 Å². The van der Waals surface area contributed by atoms with Crippen molar-refractivity contribution in [3.63, 3.8) is 0 Å². The van der Waals surface area contributed by atoms with Crippen LogP contribution in [-0.4, -0.2) is 67.8 Å². The lowest BCUT2D eigenvalue weighted by molar-refractivity contribution is 0.119. The minimum absolute atomic E-state index is 0.0905. The van der Waals surface area contributed by atoms with Crippen LogP contribution in [0.4, 0.5) is 4.39 Å². The number of ether oxygens (including phenoxy) is 1. The van der Waals surface area contributed by atoms with Gasteiger partial charge in [0.15, 0.2) is 11.6 Å². The molecule has 2 aliphatic heterocycles. The van der Waals surface area contributed by atoms with Gasteiger partial charge in [0.05, 0.1) is 17.6 Å². The highest BCUT2D eigenvalue weighted by Gasteiger charge is 2.31. The van der Waals surface area contributed by atoms with Crippen LogP contribution in [0, 0.1) is 17.7 Å². The van der Waals surface area contributed by atoms with Crippen LogP contribution in [0.5, 0.6) is 11.5 Å². The molecule has 5 nitrogen and oxygen atoms in total. The summed E-state index contributed by atoms with van der Waals surface area (Å²) in [7, 11) is 3.84. The van der Waals surface area contributed by atoms with Crippen LogP contribution in [0.25, 0.3) is 11.1 Å². The molecule has 0 unspecified atom stereocenters. The first kappa shape index (κ1) is 21.0. The van der Waals surface area contributed by atoms with E-state index >= 15 is 4.39 Å². The predicted molar refractivity (Wildman–Crippen MR) is 117 cm³/mol. The van der Waals surface area contributed by atoms with Crippen LogP contribution >= 0.6 is 11.6 Å². The van der Waals surface area contributed by atoms with E-state index in [-0.39, 0.29) is 33.7 Å². The van der Waals surface area contributed by atoms with E-state index in [1.165, 1.54) is 6.07 Å². The Balaban J connectivity index is 1.88. The van der Waals surface area contributed by atoms with Crippen LogP contribution in [0.3, 0.4) is 0 Å². The van der Waals surface area contributed by atoms with Crippen LogP contribution in [0.1, 0.15) is 11.1 Å². The van der Waals surface area contributed by atoms with E-state index in [0.29, 0.717) is 25.3 Å². The Kier molecular flexibility index (Phi) is 6.16. The molecule has 2 aliphatic rings. The molecule has 0 bridgehead atoms. The highest BCUT2D eigenvalue weighted by Crippen LogP contribution is 2.43. The lowest BCUT2D eigenvalue weighted by Crippen LogP contribution is -2.52. The Morgan fingerprint density at radius 2 is 2.20 bits per heavy atom. The molecule has 30 heavy (non-hydrogen) atoms. The molecule has 1 saturated heterocycles. The topological polar surface area (TPSA) is 48.0 Å². The third kappa shape index (κ3) is 4.12. The summed E-state index contributed by atoms with van der Waals surface area (Å²) >= 11 is 6.37. The number of nitrogens with one attached hydrogen (secondary N) is 1. The Morgan fingerprint density at radius 1 is 1.37 bits per heavy atom. The zero-order valence-corrected chi connectivity index (χ0v) is 17.9. The summed E-state index contributed by atoms with van der Waals surface area (Å²) in [6.45, 7) is 4.11. The summed E-state index contributed by atoms with van der Waals surface area (Å²) in [5.41, 5.74) is 1.68. The van der Waals surface area contributed by atoms with Crippen molar-refractivity contribution in [1.29, 1.82) is 0 Å². The first-order valence-corrected chi connectivity index (χ1v) is 10.4. The minimum atomic E-state index is -0.530. The maximum Gasteiger partial charge on any atom is 0.174 e. The van der Waals surface area contributed by atoms with Gasteiger partial charge in [-0.1, -0.05) is 29.5 Å². The van der Waals surface area contributed by atoms with Gasteiger partial charge in [-0.05, 0) is 32.3 Å². The standard InChI is InChI=1S/C23H25ClFN3O2/c1-27(2)9-4-5-15-11-16-13-28-10-8-26-12-17(28)14-30-23(16)22(25)20(15)21-18(24)6-3-7-19(21)29/h3,6-7,11,17,26,29H,8-10,12-14H2,1-2H3/t17-/m1/s1. The van der Waals surface area contributed by atoms with Crippen molar-refractivity contribution < 1.29 is 14.2 Å². The molecule has 7 heteroatoms. The number of rotatable bonds is 2. The number of phenolic OH excluding ortho intramolecular Hbond substituents is 1. The van der Waals surface area contributed by atoms with Crippen molar-refractivity contribution in [1.82, 2.24) is 15.1 Å². The van der Waals surface area contributed by atoms with Crippen molar-refractivity contribution in [2.75, 3.05) is 46.9 Å². The second-order valence-corrected chi connectivity index (χ2v) is 8.32. The normalized spacial score (nSPS) is 18.6. The third-order valence-corrected chi connectivity index (χ3v) is 5.74. The maximum atomic E-state index is 15.9. The van der Waals surface area contributed by atoms with Crippen LogP contribution in [0.2, 0.25) is 5.02 Å². The second-order valence-electron chi connectivity index (χ2n) is 7.91. The fourth-order valence-electron chi connectivity index (χ4n) is 3.93. The minimum Gasteiger partial charge on any atom is -0.507 e. The number of aromatic hydroxyl groups is 1. The number of hydrogen-bond acceptors (Lipinski definition) is 5. The highest BCUT2D eigenvalue weighted by atomic mass is 35.5. The fourth-order valence-corrected chi connectivity index (χ4v) is 4.19. The van der Waals surface area contributed by atoms with E-state index in [4.69, 9.17) is 16.3 Å². The smallest absolute Gasteiger partial charge is 0.174 e. The van der Waals surface area contributed by atoms with Gasteiger partial charge in [-0.2, -0.15) is 0 Å². The molecule has 2 heterocycles. The summed E-state index contributed by atoms with van der Waals surface area (Å²) in [4.78, 5) is 4.25. The number of phenols is 1. The summed E-state index contributed by atoms with van der Waals surface area (Å²) in [5.74, 6) is 5.77. The lowest BCUT2D eigenvalue weighted by Gasteiger charge is -2.33. The van der Waals surface area contributed by atoms with Gasteiger partial charge in [-0.15, -0.1) is 0 Å². The Bertz CT molecular complexity index is 995. The van der Waals surface area contributed by atoms with Gasteiger partial charge >= 0.3 is 0 Å². The average molecular weight is 430 g/mol. The Labute approximate surface area is 181 Å². The predicted octanol–water partition coefficient (Wildman–Crippen LogP) is 2.93. The van der Waals surface area contributed by atoms with Gasteiger partial charge in [0.1, 0.15) is 12.4 Å². The van der Waals surface area contributed by atoms with Crippen molar-refractivity contribution in [2.24, 2.45) is 0 Å². The molecule has 4 rings (SSSR count). The zero-order valence-electron chi connectivity index (χ0n) is 17.1. The number of nitrogens with zero attached hydrogens (tertiary/aromatic N) is 2. The van der Waals surface area contributed by atoms with E-state index in [1.54, 1.807) is 12.1 Å². The van der Waals surface area contributed by atoms with Crippen molar-refractivity contribution in [3.05, 3.63) is 46.2 Å². The molecule has 158 valence electrons. The molecule has 0 saturated carbocycles. The third-order valence-electron chi connectivity index (χ3n) is 5.42. The molecule has 0 amide bonds. The van der Waals surface area contributed by atoms with Gasteiger partial charge in [0.25, 0.3) is 0 Å². The molecular weight excluding hydrogens is 405 g/mol. The van der Waals surface area contributed by atoms with Crippen molar-refractivity contribution in [3.8, 4) is 34.5 Å². The summed E-state index contributed by atoms with van der Waals surface area (Å²) < 4.78 is 21.8. The van der Waals surface area contributed by atoms with Gasteiger partial charge in [0.2, 0.25) is 0 Å². The van der Waals surface area contributed by atoms with Gasteiger partial charge in [-0.3, -0.25) is 9.80 Å². The molecule has 1 fully saturated rings. The van der Waals surface area contributed by atoms with E-state index in [2.05, 4.69) is 22.1 Å². The van der Waals surface area contributed by atoms with E-state index < -0.39 is 5.82 Å². The molecular formula is C23H25ClFN3O2.